The van der Waals surface area contributed by atoms with E-state index in [2.05, 4.69) is 40.7 Å². The van der Waals surface area contributed by atoms with Gasteiger partial charge in [-0.3, -0.25) is 0 Å². The number of ether oxygens (including phenoxy) is 2. The summed E-state index contributed by atoms with van der Waals surface area (Å²) in [5.74, 6) is 0.236. The minimum atomic E-state index is -1.53. The van der Waals surface area contributed by atoms with E-state index in [9.17, 15) is 35.7 Å². The molecule has 0 aromatic heterocycles. The first kappa shape index (κ1) is 35.7. The van der Waals surface area contributed by atoms with E-state index in [4.69, 9.17) is 9.47 Å². The van der Waals surface area contributed by atoms with Gasteiger partial charge in [0.15, 0.2) is 6.29 Å². The minimum Gasteiger partial charge on any atom is -0.394 e. The highest BCUT2D eigenvalue weighted by Crippen LogP contribution is 2.76. The van der Waals surface area contributed by atoms with Gasteiger partial charge >= 0.3 is 0 Å². The van der Waals surface area contributed by atoms with Crippen molar-refractivity contribution in [2.75, 3.05) is 6.61 Å². The lowest BCUT2D eigenvalue weighted by molar-refractivity contribution is -0.336. The zero-order valence-corrected chi connectivity index (χ0v) is 28.8. The third kappa shape index (κ3) is 5.39. The van der Waals surface area contributed by atoms with Gasteiger partial charge in [-0.05, 0) is 117 Å². The molecule has 0 aromatic carbocycles. The number of hydrogen-bond donors (Lipinski definition) is 7. The van der Waals surface area contributed by atoms with E-state index in [1.54, 1.807) is 0 Å². The predicted molar refractivity (Wildman–Crippen MR) is 170 cm³/mol. The quantitative estimate of drug-likeness (QED) is 0.208. The maximum absolute atomic E-state index is 12.2. The smallest absolute Gasteiger partial charge is 0.187 e. The van der Waals surface area contributed by atoms with Gasteiger partial charge in [0.05, 0.1) is 30.5 Å². The van der Waals surface area contributed by atoms with E-state index in [0.29, 0.717) is 19.3 Å². The van der Waals surface area contributed by atoms with Gasteiger partial charge in [0, 0.05) is 0 Å². The standard InChI is InChI=1S/C36H62O9/c1-19(2)10-9-13-36(8,45-31-29(42)28(41)27(40)23(18-37)44-31)20-11-14-35(7)26(20)21(38)16-25-33(5)17-22(39)30(43)32(3,4)24(33)12-15-34(25,35)6/h10,20-31,37-43H,9,11-18H2,1-8H3/t20-,21-,22+,23+,24+,25+,26-,27-,28-,29+,30+,31-,33+,34+,35-,36-/m0/s1. The Hall–Kier alpha value is -0.620. The van der Waals surface area contributed by atoms with Gasteiger partial charge in [0.2, 0.25) is 0 Å². The monoisotopic (exact) mass is 638 g/mol. The summed E-state index contributed by atoms with van der Waals surface area (Å²) in [6, 6.07) is 0. The van der Waals surface area contributed by atoms with Crippen molar-refractivity contribution in [3.8, 4) is 0 Å². The molecule has 16 atom stereocenters. The van der Waals surface area contributed by atoms with Crippen LogP contribution in [-0.2, 0) is 9.47 Å². The highest BCUT2D eigenvalue weighted by molar-refractivity contribution is 5.21. The Labute approximate surface area is 270 Å². The lowest BCUT2D eigenvalue weighted by atomic mass is 9.35. The first-order valence-electron chi connectivity index (χ1n) is 17.4. The molecule has 5 rings (SSSR count). The normalized spacial score (nSPS) is 52.2. The Kier molecular flexibility index (Phi) is 9.56. The van der Waals surface area contributed by atoms with Crippen LogP contribution < -0.4 is 0 Å². The zero-order valence-electron chi connectivity index (χ0n) is 28.8. The second kappa shape index (κ2) is 12.1. The molecule has 45 heavy (non-hydrogen) atoms. The molecule has 0 spiro atoms. The number of fused-ring (bicyclic) bond motifs is 5. The lowest BCUT2D eigenvalue weighted by Crippen LogP contribution is -2.68. The fourth-order valence-corrected chi connectivity index (χ4v) is 12.0. The molecule has 9 nitrogen and oxygen atoms in total. The van der Waals surface area contributed by atoms with E-state index in [1.807, 2.05) is 20.8 Å². The summed E-state index contributed by atoms with van der Waals surface area (Å²) < 4.78 is 12.6. The molecule has 1 saturated heterocycles. The number of aliphatic hydroxyl groups is 7. The largest absolute Gasteiger partial charge is 0.394 e. The number of allylic oxidation sites excluding steroid dienone is 2. The summed E-state index contributed by atoms with van der Waals surface area (Å²) in [6.45, 7) is 16.8. The van der Waals surface area contributed by atoms with Crippen LogP contribution in [0.1, 0.15) is 107 Å². The first-order chi connectivity index (χ1) is 20.8. The summed E-state index contributed by atoms with van der Waals surface area (Å²) >= 11 is 0. The van der Waals surface area contributed by atoms with Gasteiger partial charge in [-0.2, -0.15) is 0 Å². The van der Waals surface area contributed by atoms with E-state index < -0.39 is 66.6 Å². The molecule has 4 saturated carbocycles. The fourth-order valence-electron chi connectivity index (χ4n) is 12.0. The molecule has 5 aliphatic rings. The Bertz CT molecular complexity index is 1110. The molecular formula is C36H62O9. The topological polar surface area (TPSA) is 160 Å². The van der Waals surface area contributed by atoms with Gasteiger partial charge < -0.3 is 45.2 Å². The van der Waals surface area contributed by atoms with Crippen molar-refractivity contribution in [2.24, 2.45) is 45.3 Å². The van der Waals surface area contributed by atoms with Crippen molar-refractivity contribution in [1.29, 1.82) is 0 Å². The second-order valence-corrected chi connectivity index (χ2v) is 17.4. The molecule has 1 aliphatic heterocycles. The zero-order chi connectivity index (χ0) is 33.5. The van der Waals surface area contributed by atoms with Crippen LogP contribution in [0.3, 0.4) is 0 Å². The fraction of sp³-hybridized carbons (Fsp3) is 0.944. The number of rotatable bonds is 7. The van der Waals surface area contributed by atoms with Crippen LogP contribution in [0.4, 0.5) is 0 Å². The predicted octanol–water partition coefficient (Wildman–Crippen LogP) is 3.30. The molecule has 4 aliphatic carbocycles. The maximum atomic E-state index is 12.2. The molecule has 260 valence electrons. The maximum Gasteiger partial charge on any atom is 0.187 e. The van der Waals surface area contributed by atoms with Gasteiger partial charge in [-0.1, -0.05) is 46.3 Å². The Morgan fingerprint density at radius 2 is 1.51 bits per heavy atom. The average Bonchev–Trinajstić information content (AvgIpc) is 3.34. The molecule has 0 radical (unpaired) electrons. The van der Waals surface area contributed by atoms with Crippen molar-refractivity contribution in [3.63, 3.8) is 0 Å². The molecule has 1 heterocycles. The molecule has 0 bridgehead atoms. The van der Waals surface area contributed by atoms with Crippen LogP contribution >= 0.6 is 0 Å². The third-order valence-corrected chi connectivity index (χ3v) is 14.5. The van der Waals surface area contributed by atoms with Crippen molar-refractivity contribution in [2.45, 2.75) is 161 Å². The van der Waals surface area contributed by atoms with E-state index in [0.717, 1.165) is 32.1 Å². The Morgan fingerprint density at radius 1 is 0.867 bits per heavy atom. The van der Waals surface area contributed by atoms with E-state index in [-0.39, 0.29) is 39.9 Å². The summed E-state index contributed by atoms with van der Waals surface area (Å²) in [5.41, 5.74) is -0.670. The van der Waals surface area contributed by atoms with Crippen LogP contribution in [0.15, 0.2) is 11.6 Å². The number of aliphatic hydroxyl groups excluding tert-OH is 7. The highest BCUT2D eigenvalue weighted by Gasteiger charge is 2.72. The van der Waals surface area contributed by atoms with Gasteiger partial charge in [-0.25, -0.2) is 0 Å². The van der Waals surface area contributed by atoms with Crippen LogP contribution in [0.5, 0.6) is 0 Å². The average molecular weight is 639 g/mol. The van der Waals surface area contributed by atoms with Crippen molar-refractivity contribution in [1.82, 2.24) is 0 Å². The van der Waals surface area contributed by atoms with Crippen molar-refractivity contribution < 1.29 is 45.2 Å². The van der Waals surface area contributed by atoms with Gasteiger partial charge in [0.1, 0.15) is 24.4 Å². The molecule has 0 aromatic rings. The summed E-state index contributed by atoms with van der Waals surface area (Å²) in [7, 11) is 0. The van der Waals surface area contributed by atoms with Crippen molar-refractivity contribution in [3.05, 3.63) is 11.6 Å². The SMILES string of the molecule is CC(C)=CCC[C@](C)(O[C@@H]1O[C@H](CO)[C@H](O)[C@H](O)[C@H]1O)[C@H]1CC[C@@]2(C)[C@@H]1[C@@H](O)C[C@@H]1[C@]3(C)C[C@@H](O)[C@@H](O)C(C)(C)[C@H]3CC[C@]12C. The second-order valence-electron chi connectivity index (χ2n) is 17.4. The Morgan fingerprint density at radius 3 is 2.13 bits per heavy atom. The molecule has 0 unspecified atom stereocenters. The van der Waals surface area contributed by atoms with Crippen LogP contribution in [0.2, 0.25) is 0 Å². The Balaban J connectivity index is 1.50. The molecule has 9 heteroatoms. The minimum absolute atomic E-state index is 0.0751. The summed E-state index contributed by atoms with van der Waals surface area (Å²) in [5, 5.41) is 76.1. The van der Waals surface area contributed by atoms with E-state index >= 15 is 0 Å². The first-order valence-corrected chi connectivity index (χ1v) is 17.4. The summed E-state index contributed by atoms with van der Waals surface area (Å²) in [6.07, 6.45) is -0.682. The van der Waals surface area contributed by atoms with E-state index in [1.165, 1.54) is 5.57 Å². The van der Waals surface area contributed by atoms with Crippen LogP contribution in [0.25, 0.3) is 0 Å². The summed E-state index contributed by atoms with van der Waals surface area (Å²) in [4.78, 5) is 0. The van der Waals surface area contributed by atoms with Crippen molar-refractivity contribution >= 4 is 0 Å². The lowest BCUT2D eigenvalue weighted by Gasteiger charge is -2.71. The molecule has 7 N–H and O–H groups in total. The van der Waals surface area contributed by atoms with Gasteiger partial charge in [0.25, 0.3) is 0 Å². The highest BCUT2D eigenvalue weighted by atomic mass is 16.7. The van der Waals surface area contributed by atoms with Crippen LogP contribution in [0, 0.1) is 45.3 Å². The molecular weight excluding hydrogens is 576 g/mol. The number of hydrogen-bond acceptors (Lipinski definition) is 9. The van der Waals surface area contributed by atoms with Gasteiger partial charge in [-0.15, -0.1) is 0 Å². The van der Waals surface area contributed by atoms with Crippen LogP contribution in [-0.4, -0.2) is 97.0 Å². The molecule has 5 fully saturated rings. The third-order valence-electron chi connectivity index (χ3n) is 14.5. The molecule has 0 amide bonds.